The van der Waals surface area contributed by atoms with Gasteiger partial charge in [0.25, 0.3) is 0 Å². The number of aryl methyl sites for hydroxylation is 2. The summed E-state index contributed by atoms with van der Waals surface area (Å²) in [6, 6.07) is 5.90. The Morgan fingerprint density at radius 1 is 1.39 bits per heavy atom. The van der Waals surface area contributed by atoms with Crippen LogP contribution in [0.25, 0.3) is 0 Å². The zero-order valence-corrected chi connectivity index (χ0v) is 11.8. The van der Waals surface area contributed by atoms with Gasteiger partial charge in [0.15, 0.2) is 10.1 Å². The normalized spacial score (nSPS) is 10.6. The third-order valence-electron chi connectivity index (χ3n) is 2.44. The van der Waals surface area contributed by atoms with E-state index in [9.17, 15) is 4.79 Å². The standard InChI is InChI=1S/C12H13N3OS2/c1-7-3-4-8(2)9(5-7)10(16)6-17-12-15-14-11(13)18-12/h3-5H,6H2,1-2H3,(H2,13,14). The lowest BCUT2D eigenvalue weighted by atomic mass is 10.0. The summed E-state index contributed by atoms with van der Waals surface area (Å²) >= 11 is 2.67. The fourth-order valence-electron chi connectivity index (χ4n) is 1.52. The number of carbonyl (C=O) groups is 1. The summed E-state index contributed by atoms with van der Waals surface area (Å²) in [6.07, 6.45) is 0. The molecular formula is C12H13N3OS2. The molecule has 0 saturated heterocycles. The Kier molecular flexibility index (Phi) is 3.98. The second kappa shape index (κ2) is 5.49. The first-order valence-electron chi connectivity index (χ1n) is 5.38. The molecule has 0 atom stereocenters. The smallest absolute Gasteiger partial charge is 0.203 e. The number of benzene rings is 1. The number of thioether (sulfide) groups is 1. The molecule has 1 heterocycles. The van der Waals surface area contributed by atoms with Crippen LogP contribution in [0.4, 0.5) is 5.13 Å². The highest BCUT2D eigenvalue weighted by molar-refractivity contribution is 8.01. The van der Waals surface area contributed by atoms with Crippen LogP contribution in [-0.2, 0) is 0 Å². The maximum absolute atomic E-state index is 12.1. The maximum atomic E-state index is 12.1. The van der Waals surface area contributed by atoms with Crippen molar-refractivity contribution in [2.45, 2.75) is 18.2 Å². The molecule has 0 spiro atoms. The van der Waals surface area contributed by atoms with Crippen molar-refractivity contribution in [1.29, 1.82) is 0 Å². The molecule has 2 aromatic rings. The Morgan fingerprint density at radius 3 is 2.83 bits per heavy atom. The number of nitrogen functional groups attached to an aromatic ring is 1. The molecule has 0 aliphatic heterocycles. The molecule has 1 aromatic heterocycles. The van der Waals surface area contributed by atoms with E-state index in [0.29, 0.717) is 10.9 Å². The van der Waals surface area contributed by atoms with E-state index in [4.69, 9.17) is 5.73 Å². The van der Waals surface area contributed by atoms with Crippen molar-refractivity contribution >= 4 is 34.0 Å². The van der Waals surface area contributed by atoms with Crippen LogP contribution in [0.1, 0.15) is 21.5 Å². The number of nitrogens with two attached hydrogens (primary N) is 1. The predicted molar refractivity (Wildman–Crippen MR) is 75.3 cm³/mol. The van der Waals surface area contributed by atoms with Crippen molar-refractivity contribution in [3.8, 4) is 0 Å². The number of anilines is 1. The number of carbonyl (C=O) groups excluding carboxylic acids is 1. The number of rotatable bonds is 4. The van der Waals surface area contributed by atoms with Gasteiger partial charge in [-0.05, 0) is 25.5 Å². The molecule has 2 N–H and O–H groups in total. The van der Waals surface area contributed by atoms with Gasteiger partial charge in [-0.3, -0.25) is 4.79 Å². The topological polar surface area (TPSA) is 68.9 Å². The van der Waals surface area contributed by atoms with Crippen LogP contribution in [0, 0.1) is 13.8 Å². The van der Waals surface area contributed by atoms with E-state index in [1.807, 2.05) is 32.0 Å². The maximum Gasteiger partial charge on any atom is 0.203 e. The van der Waals surface area contributed by atoms with Gasteiger partial charge in [-0.1, -0.05) is 40.8 Å². The van der Waals surface area contributed by atoms with E-state index in [-0.39, 0.29) is 5.78 Å². The van der Waals surface area contributed by atoms with Crippen LogP contribution in [0.3, 0.4) is 0 Å². The van der Waals surface area contributed by atoms with E-state index in [1.54, 1.807) is 0 Å². The van der Waals surface area contributed by atoms with Crippen LogP contribution in [0.15, 0.2) is 22.5 Å². The van der Waals surface area contributed by atoms with Crippen LogP contribution >= 0.6 is 23.1 Å². The molecule has 0 radical (unpaired) electrons. The number of ketones is 1. The van der Waals surface area contributed by atoms with E-state index >= 15 is 0 Å². The third kappa shape index (κ3) is 3.08. The number of Topliss-reactive ketones (excluding diaryl/α,β-unsaturated/α-hetero) is 1. The second-order valence-electron chi connectivity index (χ2n) is 3.94. The highest BCUT2D eigenvalue weighted by atomic mass is 32.2. The molecule has 6 heteroatoms. The number of nitrogens with zero attached hydrogens (tertiary/aromatic N) is 2. The van der Waals surface area contributed by atoms with E-state index in [0.717, 1.165) is 21.0 Å². The van der Waals surface area contributed by atoms with Crippen molar-refractivity contribution in [2.75, 3.05) is 11.5 Å². The van der Waals surface area contributed by atoms with E-state index in [1.165, 1.54) is 23.1 Å². The number of hydrogen-bond acceptors (Lipinski definition) is 6. The van der Waals surface area contributed by atoms with Gasteiger partial charge >= 0.3 is 0 Å². The minimum atomic E-state index is 0.106. The first kappa shape index (κ1) is 13.0. The Bertz CT molecular complexity index is 580. The van der Waals surface area contributed by atoms with Crippen molar-refractivity contribution < 1.29 is 4.79 Å². The van der Waals surface area contributed by atoms with E-state index < -0.39 is 0 Å². The largest absolute Gasteiger partial charge is 0.374 e. The first-order chi connectivity index (χ1) is 8.56. The number of aromatic nitrogens is 2. The van der Waals surface area contributed by atoms with E-state index in [2.05, 4.69) is 10.2 Å². The Morgan fingerprint density at radius 2 is 2.17 bits per heavy atom. The molecule has 0 unspecified atom stereocenters. The molecule has 2 rings (SSSR count). The molecule has 18 heavy (non-hydrogen) atoms. The first-order valence-corrected chi connectivity index (χ1v) is 7.18. The fraction of sp³-hybridized carbons (Fsp3) is 0.250. The van der Waals surface area contributed by atoms with Crippen LogP contribution in [-0.4, -0.2) is 21.7 Å². The van der Waals surface area contributed by atoms with Crippen LogP contribution in [0.2, 0.25) is 0 Å². The molecule has 0 saturated carbocycles. The summed E-state index contributed by atoms with van der Waals surface area (Å²) in [7, 11) is 0. The summed E-state index contributed by atoms with van der Waals surface area (Å²) in [5.41, 5.74) is 8.36. The monoisotopic (exact) mass is 279 g/mol. The Balaban J connectivity index is 2.05. The van der Waals surface area contributed by atoms with Gasteiger partial charge in [0, 0.05) is 5.56 Å². The predicted octanol–water partition coefficient (Wildman–Crippen LogP) is 2.71. The lowest BCUT2D eigenvalue weighted by Gasteiger charge is -2.05. The number of hydrogen-bond donors (Lipinski definition) is 1. The summed E-state index contributed by atoms with van der Waals surface area (Å²) in [6.45, 7) is 3.93. The van der Waals surface area contributed by atoms with Gasteiger partial charge in [-0.2, -0.15) is 0 Å². The molecule has 0 aliphatic rings. The molecule has 0 bridgehead atoms. The van der Waals surface area contributed by atoms with Gasteiger partial charge in [0.2, 0.25) is 5.13 Å². The molecule has 94 valence electrons. The molecule has 0 amide bonds. The van der Waals surface area contributed by atoms with Crippen molar-refractivity contribution in [3.05, 3.63) is 34.9 Å². The SMILES string of the molecule is Cc1ccc(C)c(C(=O)CSc2nnc(N)s2)c1. The van der Waals surface area contributed by atoms with Gasteiger partial charge in [0.1, 0.15) is 0 Å². The molecule has 1 aromatic carbocycles. The zero-order valence-electron chi connectivity index (χ0n) is 10.1. The van der Waals surface area contributed by atoms with Gasteiger partial charge in [0.05, 0.1) is 5.75 Å². The van der Waals surface area contributed by atoms with Gasteiger partial charge in [-0.25, -0.2) is 0 Å². The second-order valence-corrected chi connectivity index (χ2v) is 6.17. The lowest BCUT2D eigenvalue weighted by Crippen LogP contribution is -2.05. The van der Waals surface area contributed by atoms with Crippen molar-refractivity contribution in [2.24, 2.45) is 0 Å². The molecular weight excluding hydrogens is 266 g/mol. The summed E-state index contributed by atoms with van der Waals surface area (Å²) in [5.74, 6) is 0.467. The third-order valence-corrected chi connectivity index (χ3v) is 4.33. The van der Waals surface area contributed by atoms with Crippen molar-refractivity contribution in [1.82, 2.24) is 10.2 Å². The molecule has 0 aliphatic carbocycles. The summed E-state index contributed by atoms with van der Waals surface area (Å²) in [4.78, 5) is 12.1. The quantitative estimate of drug-likeness (QED) is 0.688. The fourth-order valence-corrected chi connectivity index (χ4v) is 3.04. The zero-order chi connectivity index (χ0) is 13.1. The van der Waals surface area contributed by atoms with Crippen LogP contribution in [0.5, 0.6) is 0 Å². The average molecular weight is 279 g/mol. The van der Waals surface area contributed by atoms with Crippen molar-refractivity contribution in [3.63, 3.8) is 0 Å². The molecule has 0 fully saturated rings. The highest BCUT2D eigenvalue weighted by Crippen LogP contribution is 2.24. The minimum absolute atomic E-state index is 0.106. The molecule has 4 nitrogen and oxygen atoms in total. The summed E-state index contributed by atoms with van der Waals surface area (Å²) in [5, 5.41) is 8.02. The van der Waals surface area contributed by atoms with Gasteiger partial charge in [-0.15, -0.1) is 10.2 Å². The lowest BCUT2D eigenvalue weighted by molar-refractivity contribution is 0.102. The highest BCUT2D eigenvalue weighted by Gasteiger charge is 2.11. The Labute approximate surface area is 114 Å². The minimum Gasteiger partial charge on any atom is -0.374 e. The average Bonchev–Trinajstić information content (AvgIpc) is 2.75. The van der Waals surface area contributed by atoms with Gasteiger partial charge < -0.3 is 5.73 Å². The van der Waals surface area contributed by atoms with Crippen LogP contribution < -0.4 is 5.73 Å². The Hall–Kier alpha value is -1.40. The summed E-state index contributed by atoms with van der Waals surface area (Å²) < 4.78 is 0.728.